The second kappa shape index (κ2) is 42.4. The van der Waals surface area contributed by atoms with Crippen LogP contribution in [0.4, 0.5) is 0 Å². The van der Waals surface area contributed by atoms with Crippen LogP contribution in [0, 0.1) is 0 Å². The number of carbonyl (C=O) groups excluding carboxylic acids is 1. The van der Waals surface area contributed by atoms with Crippen LogP contribution in [0.15, 0.2) is 0 Å². The molecule has 0 heterocycles. The first-order valence-corrected chi connectivity index (χ1v) is 23.0. The zero-order chi connectivity index (χ0) is 36.4. The van der Waals surface area contributed by atoms with Gasteiger partial charge < -0.3 is 9.84 Å². The van der Waals surface area contributed by atoms with Gasteiger partial charge in [-0.2, -0.15) is 0 Å². The van der Waals surface area contributed by atoms with E-state index in [0.29, 0.717) is 12.8 Å². The maximum atomic E-state index is 12.5. The molecule has 0 radical (unpaired) electrons. The second-order valence-electron chi connectivity index (χ2n) is 16.0. The third-order valence-electron chi connectivity index (χ3n) is 10.8. The molecular weight excluding hydrogens is 617 g/mol. The van der Waals surface area contributed by atoms with Crippen LogP contribution in [0.5, 0.6) is 0 Å². The molecule has 0 fully saturated rings. The number of hydrogen-bond donors (Lipinski definition) is 1. The largest absolute Gasteiger partial charge is 0.481 e. The summed E-state index contributed by atoms with van der Waals surface area (Å²) >= 11 is 0. The molecule has 4 heteroatoms. The van der Waals surface area contributed by atoms with Crippen LogP contribution < -0.4 is 0 Å². The van der Waals surface area contributed by atoms with Crippen molar-refractivity contribution >= 4 is 11.9 Å². The Bertz CT molecular complexity index is 677. The number of aliphatic carboxylic acids is 1. The van der Waals surface area contributed by atoms with Gasteiger partial charge in [0.25, 0.3) is 0 Å². The lowest BCUT2D eigenvalue weighted by molar-refractivity contribution is -0.151. The molecule has 1 N–H and O–H groups in total. The highest BCUT2D eigenvalue weighted by molar-refractivity contribution is 5.69. The van der Waals surface area contributed by atoms with Gasteiger partial charge in [0.1, 0.15) is 6.10 Å². The van der Waals surface area contributed by atoms with Crippen molar-refractivity contribution in [2.45, 2.75) is 283 Å². The van der Waals surface area contributed by atoms with Crippen LogP contribution in [0.3, 0.4) is 0 Å². The molecule has 1 unspecified atom stereocenters. The number of carbonyl (C=O) groups is 2. The zero-order valence-corrected chi connectivity index (χ0v) is 34.2. The van der Waals surface area contributed by atoms with E-state index < -0.39 is 5.97 Å². The molecule has 0 aromatic carbocycles. The molecule has 0 aromatic heterocycles. The van der Waals surface area contributed by atoms with Crippen LogP contribution in [0.1, 0.15) is 277 Å². The van der Waals surface area contributed by atoms with Crippen molar-refractivity contribution in [3.8, 4) is 0 Å². The maximum absolute atomic E-state index is 12.5. The Hall–Kier alpha value is -1.06. The quantitative estimate of drug-likeness (QED) is 0.0506. The van der Waals surface area contributed by atoms with Gasteiger partial charge in [0.2, 0.25) is 0 Å². The van der Waals surface area contributed by atoms with E-state index in [1.165, 1.54) is 212 Å². The van der Waals surface area contributed by atoms with Crippen LogP contribution in [-0.4, -0.2) is 23.1 Å². The molecule has 298 valence electrons. The normalized spacial score (nSPS) is 12.0. The number of carboxylic acids is 1. The topological polar surface area (TPSA) is 63.6 Å². The number of hydrogen-bond acceptors (Lipinski definition) is 3. The molecule has 0 amide bonds. The first-order valence-electron chi connectivity index (χ1n) is 23.0. The molecule has 50 heavy (non-hydrogen) atoms. The Morgan fingerprint density at radius 2 is 0.620 bits per heavy atom. The fourth-order valence-corrected chi connectivity index (χ4v) is 7.41. The number of unbranched alkanes of at least 4 members (excludes halogenated alkanes) is 35. The van der Waals surface area contributed by atoms with Crippen LogP contribution >= 0.6 is 0 Å². The zero-order valence-electron chi connectivity index (χ0n) is 34.2. The van der Waals surface area contributed by atoms with Gasteiger partial charge in [-0.15, -0.1) is 0 Å². The fourth-order valence-electron chi connectivity index (χ4n) is 7.41. The predicted molar refractivity (Wildman–Crippen MR) is 218 cm³/mol. The minimum Gasteiger partial charge on any atom is -0.481 e. The van der Waals surface area contributed by atoms with Crippen LogP contribution in [-0.2, 0) is 14.3 Å². The third kappa shape index (κ3) is 41.4. The average Bonchev–Trinajstić information content (AvgIpc) is 3.10. The minimum absolute atomic E-state index is 0.0795. The number of ether oxygens (including phenoxy) is 1. The highest BCUT2D eigenvalue weighted by Gasteiger charge is 2.16. The van der Waals surface area contributed by atoms with E-state index in [9.17, 15) is 9.59 Å². The maximum Gasteiger partial charge on any atom is 0.306 e. The van der Waals surface area contributed by atoms with Gasteiger partial charge in [-0.25, -0.2) is 0 Å². The lowest BCUT2D eigenvalue weighted by Crippen LogP contribution is -2.19. The first kappa shape index (κ1) is 48.9. The van der Waals surface area contributed by atoms with Crippen molar-refractivity contribution < 1.29 is 19.4 Å². The number of esters is 1. The monoisotopic (exact) mass is 707 g/mol. The van der Waals surface area contributed by atoms with Crippen molar-refractivity contribution in [2.24, 2.45) is 0 Å². The van der Waals surface area contributed by atoms with E-state index in [-0.39, 0.29) is 18.5 Å². The highest BCUT2D eigenvalue weighted by Crippen LogP contribution is 2.19. The summed E-state index contributed by atoms with van der Waals surface area (Å²) in [5.74, 6) is -0.933. The molecule has 0 saturated heterocycles. The lowest BCUT2D eigenvalue weighted by atomic mass is 10.0. The highest BCUT2D eigenvalue weighted by atomic mass is 16.5. The molecule has 0 spiro atoms. The molecule has 0 aliphatic rings. The van der Waals surface area contributed by atoms with Gasteiger partial charge in [0, 0.05) is 12.8 Å². The summed E-state index contributed by atoms with van der Waals surface area (Å²) in [5, 5.41) is 9.16. The Morgan fingerprint density at radius 3 is 0.900 bits per heavy atom. The summed E-state index contributed by atoms with van der Waals surface area (Å²) in [6, 6.07) is 0. The minimum atomic E-state index is -0.803. The summed E-state index contributed by atoms with van der Waals surface area (Å²) < 4.78 is 5.77. The van der Waals surface area contributed by atoms with E-state index in [0.717, 1.165) is 32.1 Å². The second-order valence-corrected chi connectivity index (χ2v) is 16.0. The molecule has 0 bridgehead atoms. The Labute approximate surface area is 313 Å². The van der Waals surface area contributed by atoms with E-state index in [4.69, 9.17) is 9.84 Å². The van der Waals surface area contributed by atoms with Crippen LogP contribution in [0.25, 0.3) is 0 Å². The summed E-state index contributed by atoms with van der Waals surface area (Å²) in [6.07, 6.45) is 51.5. The van der Waals surface area contributed by atoms with Crippen molar-refractivity contribution in [3.05, 3.63) is 0 Å². The third-order valence-corrected chi connectivity index (χ3v) is 10.8. The molecule has 0 rings (SSSR count). The summed E-state index contributed by atoms with van der Waals surface area (Å²) in [5.41, 5.74) is 0. The molecular formula is C46H90O4. The van der Waals surface area contributed by atoms with Gasteiger partial charge in [-0.1, -0.05) is 239 Å². The van der Waals surface area contributed by atoms with E-state index >= 15 is 0 Å². The first-order chi connectivity index (χ1) is 24.6. The Kier molecular flexibility index (Phi) is 41.5. The lowest BCUT2D eigenvalue weighted by Gasteiger charge is -2.17. The average molecular weight is 707 g/mol. The van der Waals surface area contributed by atoms with Crippen LogP contribution in [0.2, 0.25) is 0 Å². The Balaban J connectivity index is 3.60. The fraction of sp³-hybridized carbons (Fsp3) is 0.957. The summed E-state index contributed by atoms with van der Waals surface area (Å²) in [6.45, 7) is 4.57. The van der Waals surface area contributed by atoms with E-state index in [1.54, 1.807) is 0 Å². The summed E-state index contributed by atoms with van der Waals surface area (Å²) in [7, 11) is 0. The van der Waals surface area contributed by atoms with Gasteiger partial charge in [0.15, 0.2) is 0 Å². The molecule has 0 saturated carbocycles. The standard InChI is InChI=1S/C46H90O4/c1-3-5-7-9-11-13-15-17-19-21-22-23-24-25-27-29-31-33-35-37-39-41-46(49)50-44(42-43-45(47)48)40-38-36-34-32-30-28-26-20-18-16-14-12-10-8-6-4-2/h44H,3-43H2,1-2H3,(H,47,48). The molecule has 0 aliphatic heterocycles. The van der Waals surface area contributed by atoms with Gasteiger partial charge in [0.05, 0.1) is 0 Å². The van der Waals surface area contributed by atoms with Gasteiger partial charge >= 0.3 is 11.9 Å². The number of rotatable bonds is 43. The van der Waals surface area contributed by atoms with Crippen molar-refractivity contribution in [1.29, 1.82) is 0 Å². The number of carboxylic acid groups (broad SMARTS) is 1. The smallest absolute Gasteiger partial charge is 0.306 e. The van der Waals surface area contributed by atoms with E-state index in [2.05, 4.69) is 13.8 Å². The molecule has 0 aliphatic carbocycles. The SMILES string of the molecule is CCCCCCCCCCCCCCCCCCCCCCCC(=O)OC(CCCCCCCCCCCCCCCCCC)CCC(=O)O. The van der Waals surface area contributed by atoms with Crippen molar-refractivity contribution in [3.63, 3.8) is 0 Å². The Morgan fingerprint density at radius 1 is 0.360 bits per heavy atom. The molecule has 1 atom stereocenters. The molecule has 4 nitrogen and oxygen atoms in total. The van der Waals surface area contributed by atoms with Crippen molar-refractivity contribution in [1.82, 2.24) is 0 Å². The molecule has 0 aromatic rings. The van der Waals surface area contributed by atoms with Gasteiger partial charge in [-0.3, -0.25) is 9.59 Å². The van der Waals surface area contributed by atoms with E-state index in [1.807, 2.05) is 0 Å². The summed E-state index contributed by atoms with van der Waals surface area (Å²) in [4.78, 5) is 23.6. The van der Waals surface area contributed by atoms with Crippen molar-refractivity contribution in [2.75, 3.05) is 0 Å². The van der Waals surface area contributed by atoms with Gasteiger partial charge in [-0.05, 0) is 25.7 Å². The predicted octanol–water partition coefficient (Wildman–Crippen LogP) is 16.0.